The van der Waals surface area contributed by atoms with E-state index in [0.29, 0.717) is 17.4 Å². The Balaban J connectivity index is 4.02. The van der Waals surface area contributed by atoms with Gasteiger partial charge in [-0.1, -0.05) is 321 Å². The molecule has 0 spiro atoms. The molecule has 2 N–H and O–H groups in total. The van der Waals surface area contributed by atoms with Gasteiger partial charge < -0.3 is 28.8 Å². The van der Waals surface area contributed by atoms with Gasteiger partial charge in [-0.3, -0.25) is 9.36 Å². The molecule has 0 aliphatic heterocycles. The zero-order valence-corrected chi connectivity index (χ0v) is 52.6. The first-order valence-corrected chi connectivity index (χ1v) is 35.2. The van der Waals surface area contributed by atoms with Crippen molar-refractivity contribution in [3.8, 4) is 0 Å². The van der Waals surface area contributed by atoms with Crippen LogP contribution in [0, 0.1) is 0 Å². The molecule has 9 heteroatoms. The van der Waals surface area contributed by atoms with Crippen LogP contribution < -0.4 is 10.2 Å². The monoisotopic (exact) mass is 1090 g/mol. The van der Waals surface area contributed by atoms with Crippen molar-refractivity contribution in [1.82, 2.24) is 5.32 Å². The molecule has 0 aromatic heterocycles. The van der Waals surface area contributed by atoms with Gasteiger partial charge in [0, 0.05) is 6.42 Å². The van der Waals surface area contributed by atoms with Crippen LogP contribution in [0.3, 0.4) is 0 Å². The number of hydrogen-bond donors (Lipinski definition) is 2. The van der Waals surface area contributed by atoms with Crippen LogP contribution in [0.2, 0.25) is 0 Å². The molecule has 0 bridgehead atoms. The fraction of sp³-hybridized carbons (Fsp3) is 0.925. The molecule has 3 unspecified atom stereocenters. The van der Waals surface area contributed by atoms with Crippen molar-refractivity contribution in [2.24, 2.45) is 0 Å². The van der Waals surface area contributed by atoms with Gasteiger partial charge in [0.05, 0.1) is 39.9 Å². The zero-order chi connectivity index (χ0) is 55.6. The second kappa shape index (κ2) is 58.6. The van der Waals surface area contributed by atoms with E-state index in [1.807, 2.05) is 27.2 Å². The minimum atomic E-state index is -4.60. The van der Waals surface area contributed by atoms with E-state index >= 15 is 0 Å². The zero-order valence-electron chi connectivity index (χ0n) is 51.7. The van der Waals surface area contributed by atoms with Crippen molar-refractivity contribution < 1.29 is 32.9 Å². The first-order valence-electron chi connectivity index (χ1n) is 33.7. The Hall–Kier alpha value is -1.02. The van der Waals surface area contributed by atoms with Gasteiger partial charge in [-0.25, -0.2) is 0 Å². The molecule has 0 heterocycles. The lowest BCUT2D eigenvalue weighted by Gasteiger charge is -2.29. The predicted molar refractivity (Wildman–Crippen MR) is 330 cm³/mol. The van der Waals surface area contributed by atoms with Gasteiger partial charge >= 0.3 is 0 Å². The van der Waals surface area contributed by atoms with Crippen molar-refractivity contribution in [3.63, 3.8) is 0 Å². The number of aliphatic hydroxyl groups is 1. The number of carbonyl (C=O) groups is 1. The average molecular weight is 1090 g/mol. The smallest absolute Gasteiger partial charge is 0.268 e. The quantitative estimate of drug-likeness (QED) is 0.0272. The minimum Gasteiger partial charge on any atom is -0.756 e. The summed E-state index contributed by atoms with van der Waals surface area (Å²) in [7, 11) is 1.28. The molecule has 0 aliphatic carbocycles. The minimum absolute atomic E-state index is 0.00167. The van der Waals surface area contributed by atoms with Crippen molar-refractivity contribution in [3.05, 3.63) is 24.3 Å². The average Bonchev–Trinajstić information content (AvgIpc) is 3.38. The largest absolute Gasteiger partial charge is 0.756 e. The number of carbonyl (C=O) groups excluding carboxylic acids is 1. The lowest BCUT2D eigenvalue weighted by molar-refractivity contribution is -0.870. The summed E-state index contributed by atoms with van der Waals surface area (Å²) in [4.78, 5) is 25.6. The van der Waals surface area contributed by atoms with E-state index in [4.69, 9.17) is 9.05 Å². The van der Waals surface area contributed by atoms with Crippen LogP contribution in [0.4, 0.5) is 0 Å². The highest BCUT2D eigenvalue weighted by Crippen LogP contribution is 2.38. The number of phosphoric acid groups is 1. The fourth-order valence-electron chi connectivity index (χ4n) is 10.4. The molecular weight excluding hydrogens is 960 g/mol. The summed E-state index contributed by atoms with van der Waals surface area (Å²) >= 11 is 0. The standard InChI is InChI=1S/C67H133N2O6P/c1-6-8-10-12-14-16-18-20-22-24-26-28-29-30-31-32-33-34-35-36-37-38-39-41-43-45-47-49-51-53-55-57-59-61-67(71)68-65(64-75-76(72,73)74-63-62-69(3,4)5)66(70)60-58-56-54-52-50-48-46-44-42-40-27-25-23-21-19-17-15-13-11-9-7-2/h30-31,58,60,65-66,70H,6-29,32-57,59,61-64H2,1-5H3,(H-,68,71,72,73)/b31-30-,60-58+. The Labute approximate surface area is 474 Å². The van der Waals surface area contributed by atoms with Gasteiger partial charge in [0.25, 0.3) is 7.82 Å². The van der Waals surface area contributed by atoms with Crippen LogP contribution in [0.15, 0.2) is 24.3 Å². The molecule has 3 atom stereocenters. The number of rotatable bonds is 63. The topological polar surface area (TPSA) is 108 Å². The second-order valence-corrected chi connectivity index (χ2v) is 25.9. The highest BCUT2D eigenvalue weighted by atomic mass is 31.2. The summed E-state index contributed by atoms with van der Waals surface area (Å²) in [5.41, 5.74) is 0. The highest BCUT2D eigenvalue weighted by Gasteiger charge is 2.23. The second-order valence-electron chi connectivity index (χ2n) is 24.5. The normalized spacial score (nSPS) is 13.8. The summed E-state index contributed by atoms with van der Waals surface area (Å²) in [6.07, 6.45) is 75.8. The first-order chi connectivity index (χ1) is 37.0. The maximum absolute atomic E-state index is 13.0. The molecule has 0 saturated carbocycles. The van der Waals surface area contributed by atoms with Crippen LogP contribution in [0.1, 0.15) is 348 Å². The highest BCUT2D eigenvalue weighted by molar-refractivity contribution is 7.45. The lowest BCUT2D eigenvalue weighted by Crippen LogP contribution is -2.45. The van der Waals surface area contributed by atoms with Crippen LogP contribution in [-0.2, 0) is 18.4 Å². The van der Waals surface area contributed by atoms with Gasteiger partial charge in [-0.2, -0.15) is 0 Å². The Morgan fingerprint density at radius 2 is 0.724 bits per heavy atom. The van der Waals surface area contributed by atoms with E-state index in [0.717, 1.165) is 38.5 Å². The van der Waals surface area contributed by atoms with Crippen molar-refractivity contribution in [2.75, 3.05) is 40.9 Å². The van der Waals surface area contributed by atoms with Crippen LogP contribution >= 0.6 is 7.82 Å². The van der Waals surface area contributed by atoms with Gasteiger partial charge in [-0.15, -0.1) is 0 Å². The number of quaternary nitrogens is 1. The Morgan fingerprint density at radius 3 is 1.03 bits per heavy atom. The third-order valence-corrected chi connectivity index (χ3v) is 16.6. The SMILES string of the molecule is CCCCCCCCCCCCCC/C=C\CCCCCCCCCCCCCCCCCCCC(=O)NC(COP(=O)([O-])OCC[N+](C)(C)C)C(O)/C=C/CCCCCCCCCCCCCCCCCCCCC. The molecule has 1 amide bonds. The number of unbranched alkanes of at least 4 members (excludes halogenated alkanes) is 48. The molecule has 8 nitrogen and oxygen atoms in total. The van der Waals surface area contributed by atoms with E-state index < -0.39 is 20.0 Å². The van der Waals surface area contributed by atoms with Gasteiger partial charge in [0.2, 0.25) is 5.91 Å². The van der Waals surface area contributed by atoms with Crippen molar-refractivity contribution in [1.29, 1.82) is 0 Å². The van der Waals surface area contributed by atoms with Crippen LogP contribution in [-0.4, -0.2) is 68.5 Å². The molecule has 0 fully saturated rings. The Morgan fingerprint density at radius 1 is 0.447 bits per heavy atom. The number of hydrogen-bond acceptors (Lipinski definition) is 6. The lowest BCUT2D eigenvalue weighted by atomic mass is 10.0. The summed E-state index contributed by atoms with van der Waals surface area (Å²) in [5, 5.41) is 13.9. The molecule has 0 radical (unpaired) electrons. The van der Waals surface area contributed by atoms with Gasteiger partial charge in [-0.05, 0) is 44.9 Å². The fourth-order valence-corrected chi connectivity index (χ4v) is 11.1. The van der Waals surface area contributed by atoms with Gasteiger partial charge in [0.15, 0.2) is 0 Å². The van der Waals surface area contributed by atoms with E-state index in [1.165, 1.54) is 289 Å². The third kappa shape index (κ3) is 60.6. The molecule has 0 aromatic carbocycles. The van der Waals surface area contributed by atoms with E-state index in [1.54, 1.807) is 6.08 Å². The molecule has 452 valence electrons. The third-order valence-electron chi connectivity index (χ3n) is 15.7. The maximum Gasteiger partial charge on any atom is 0.268 e. The maximum atomic E-state index is 13.0. The van der Waals surface area contributed by atoms with Gasteiger partial charge in [0.1, 0.15) is 13.2 Å². The number of aliphatic hydroxyl groups excluding tert-OH is 1. The number of phosphoric ester groups is 1. The Kier molecular flexibility index (Phi) is 57.8. The number of amides is 1. The Bertz CT molecular complexity index is 1290. The molecule has 0 rings (SSSR count). The van der Waals surface area contributed by atoms with E-state index in [2.05, 4.69) is 31.3 Å². The number of nitrogens with one attached hydrogen (secondary N) is 1. The van der Waals surface area contributed by atoms with Crippen LogP contribution in [0.5, 0.6) is 0 Å². The molecule has 0 aliphatic rings. The van der Waals surface area contributed by atoms with Crippen LogP contribution in [0.25, 0.3) is 0 Å². The van der Waals surface area contributed by atoms with Crippen molar-refractivity contribution >= 4 is 13.7 Å². The molecule has 76 heavy (non-hydrogen) atoms. The number of nitrogens with zero attached hydrogens (tertiary/aromatic N) is 1. The van der Waals surface area contributed by atoms with Crippen molar-refractivity contribution in [2.45, 2.75) is 360 Å². The molecule has 0 aromatic rings. The van der Waals surface area contributed by atoms with E-state index in [-0.39, 0.29) is 19.1 Å². The summed E-state index contributed by atoms with van der Waals surface area (Å²) in [6.45, 7) is 4.71. The van der Waals surface area contributed by atoms with E-state index in [9.17, 15) is 19.4 Å². The molecule has 0 saturated heterocycles. The summed E-state index contributed by atoms with van der Waals surface area (Å²) in [5.74, 6) is -0.190. The summed E-state index contributed by atoms with van der Waals surface area (Å²) in [6, 6.07) is -0.885. The number of likely N-dealkylation sites (N-methyl/N-ethyl adjacent to an activating group) is 1. The first kappa shape index (κ1) is 75.0. The number of allylic oxidation sites excluding steroid dienone is 3. The molecular formula is C67H133N2O6P. The summed E-state index contributed by atoms with van der Waals surface area (Å²) < 4.78 is 23.4. The predicted octanol–water partition coefficient (Wildman–Crippen LogP) is 20.5.